The highest BCUT2D eigenvalue weighted by Crippen LogP contribution is 2.24. The van der Waals surface area contributed by atoms with E-state index in [1.165, 1.54) is 0 Å². The number of nitrogens with zero attached hydrogens (tertiary/aromatic N) is 1. The van der Waals surface area contributed by atoms with E-state index >= 15 is 0 Å². The fraction of sp³-hybridized carbons (Fsp3) is 0.806. The zero-order valence-corrected chi connectivity index (χ0v) is 29.7. The minimum Gasteiger partial charge on any atom is -0.441 e. The maximum atomic E-state index is 13.1. The molecule has 53 heavy (non-hydrogen) atoms. The average Bonchev–Trinajstić information content (AvgIpc) is 3.53. The Bertz CT molecular complexity index is 1250. The van der Waals surface area contributed by atoms with E-state index in [0.29, 0.717) is 51.7 Å². The van der Waals surface area contributed by atoms with Crippen LogP contribution >= 0.6 is 0 Å². The summed E-state index contributed by atoms with van der Waals surface area (Å²) in [6.45, 7) is 0.564. The van der Waals surface area contributed by atoms with Gasteiger partial charge in [-0.05, 0) is 45.1 Å². The molecular formula is C31H58N12O10. The number of nitrogens with one attached hydrogen (secondary N) is 6. The Morgan fingerprint density at radius 1 is 0.906 bits per heavy atom. The van der Waals surface area contributed by atoms with Crippen LogP contribution < -0.4 is 60.6 Å². The molecular weight excluding hydrogens is 700 g/mol. The van der Waals surface area contributed by atoms with Gasteiger partial charge >= 0.3 is 6.09 Å². The van der Waals surface area contributed by atoms with Gasteiger partial charge in [-0.3, -0.25) is 35.1 Å². The van der Waals surface area contributed by atoms with Crippen molar-refractivity contribution in [3.63, 3.8) is 0 Å². The van der Waals surface area contributed by atoms with Gasteiger partial charge in [0.15, 0.2) is 6.10 Å². The molecule has 302 valence electrons. The second kappa shape index (κ2) is 22.1. The van der Waals surface area contributed by atoms with E-state index in [1.54, 1.807) is 0 Å². The van der Waals surface area contributed by atoms with Crippen molar-refractivity contribution in [2.75, 3.05) is 26.2 Å². The molecule has 19 N–H and O–H groups in total. The van der Waals surface area contributed by atoms with Gasteiger partial charge in [0.1, 0.15) is 36.9 Å². The molecule has 2 fully saturated rings. The van der Waals surface area contributed by atoms with Crippen LogP contribution in [0.3, 0.4) is 0 Å². The van der Waals surface area contributed by atoms with E-state index in [0.717, 1.165) is 12.6 Å². The number of hydrogen-bond acceptors (Lipinski definition) is 17. The number of rotatable bonds is 22. The van der Waals surface area contributed by atoms with E-state index in [1.807, 2.05) is 0 Å². The van der Waals surface area contributed by atoms with Gasteiger partial charge in [-0.2, -0.15) is 0 Å². The maximum absolute atomic E-state index is 13.1. The zero-order chi connectivity index (χ0) is 39.1. The molecule has 0 aliphatic carbocycles. The standard InChI is InChI=1S/C31H58N12O10/c32-7-1-4-15(33)10-20(46)37-8-2-5-16(34)11-21(47)38-9-3-6-17(35)12-22(48)40-25-26(49)27(53-30(36)51)19(14-44)52-29(25)43-31-41-23-18(45)13-39-28(50)24(23)42-31/h13,15-19,23-27,29,31,41-45,49H,1-12,14,32-35H2,(H2,36,51)(H,37,46)(H,38,47)(H,40,48)/t15-,16-,17-,18+,19+,23+,24-,25+,26-,27-,29+,31?/m0/s1. The van der Waals surface area contributed by atoms with Gasteiger partial charge in [0.2, 0.25) is 17.7 Å². The van der Waals surface area contributed by atoms with Crippen LogP contribution in [0.25, 0.3) is 0 Å². The molecule has 22 nitrogen and oxygen atoms in total. The molecule has 12 atom stereocenters. The first kappa shape index (κ1) is 44.0. The van der Waals surface area contributed by atoms with E-state index in [4.69, 9.17) is 38.1 Å². The molecule has 0 saturated carbocycles. The molecule has 1 unspecified atom stereocenters. The number of primary amides is 1. The van der Waals surface area contributed by atoms with Crippen LogP contribution in [-0.4, -0.2) is 151 Å². The maximum Gasteiger partial charge on any atom is 0.404 e. The van der Waals surface area contributed by atoms with E-state index in [9.17, 15) is 39.3 Å². The third-order valence-corrected chi connectivity index (χ3v) is 9.13. The number of carbonyl (C=O) groups excluding carboxylic acids is 5. The highest BCUT2D eigenvalue weighted by atomic mass is 16.6. The van der Waals surface area contributed by atoms with E-state index < -0.39 is 91.7 Å². The SMILES string of the molecule is NCCC[C@H](N)CC(=O)NCCC[C@H](N)CC(=O)NCCC[C@H](N)CC(=O)N[C@@H]1[C@H](O)[C@@H](OC(N)=O)[C@@H](CO)O[C@H]1NC1N[C@@H]2[C@H](O)C=NC(=O)[C@H]2N1. The summed E-state index contributed by atoms with van der Waals surface area (Å²) in [4.78, 5) is 64.9. The Kier molecular flexibility index (Phi) is 18.3. The van der Waals surface area contributed by atoms with Crippen LogP contribution in [0.4, 0.5) is 4.79 Å². The second-order valence-electron chi connectivity index (χ2n) is 13.6. The molecule has 0 bridgehead atoms. The lowest BCUT2D eigenvalue weighted by Crippen LogP contribution is -2.71. The van der Waals surface area contributed by atoms with Gasteiger partial charge in [0.05, 0.1) is 18.7 Å². The lowest BCUT2D eigenvalue weighted by atomic mass is 9.95. The Morgan fingerprint density at radius 2 is 1.47 bits per heavy atom. The molecule has 0 spiro atoms. The molecule has 0 aromatic heterocycles. The number of ether oxygens (including phenoxy) is 2. The lowest BCUT2D eigenvalue weighted by Gasteiger charge is -2.44. The third kappa shape index (κ3) is 14.4. The molecule has 2 saturated heterocycles. The summed E-state index contributed by atoms with van der Waals surface area (Å²) in [6, 6.07) is -4.13. The van der Waals surface area contributed by atoms with Crippen molar-refractivity contribution >= 4 is 35.9 Å². The molecule has 3 aliphatic heterocycles. The average molecular weight is 759 g/mol. The van der Waals surface area contributed by atoms with Crippen LogP contribution in [0, 0.1) is 0 Å². The monoisotopic (exact) mass is 758 g/mol. The second-order valence-corrected chi connectivity index (χ2v) is 13.6. The number of carbonyl (C=O) groups is 5. The number of aliphatic hydroxyl groups is 3. The van der Waals surface area contributed by atoms with Gasteiger partial charge in [-0.15, -0.1) is 0 Å². The number of hydrogen-bond donors (Lipinski definition) is 14. The van der Waals surface area contributed by atoms with Crippen molar-refractivity contribution in [1.29, 1.82) is 0 Å². The predicted molar refractivity (Wildman–Crippen MR) is 189 cm³/mol. The summed E-state index contributed by atoms with van der Waals surface area (Å²) >= 11 is 0. The van der Waals surface area contributed by atoms with E-state index in [2.05, 4.69) is 36.9 Å². The van der Waals surface area contributed by atoms with Crippen LogP contribution in [0.2, 0.25) is 0 Å². The number of aliphatic imine (C=N–C) groups is 1. The molecule has 3 aliphatic rings. The molecule has 3 rings (SSSR count). The number of fused-ring (bicyclic) bond motifs is 1. The normalized spacial score (nSPS) is 29.8. The van der Waals surface area contributed by atoms with Crippen molar-refractivity contribution in [3.05, 3.63) is 0 Å². The first-order valence-corrected chi connectivity index (χ1v) is 18.0. The Morgan fingerprint density at radius 3 is 2.00 bits per heavy atom. The number of amides is 5. The summed E-state index contributed by atoms with van der Waals surface area (Å²) in [7, 11) is 0. The van der Waals surface area contributed by atoms with Crippen molar-refractivity contribution in [2.24, 2.45) is 33.7 Å². The van der Waals surface area contributed by atoms with Crippen molar-refractivity contribution in [3.8, 4) is 0 Å². The van der Waals surface area contributed by atoms with Crippen molar-refractivity contribution in [2.45, 2.75) is 131 Å². The molecule has 0 radical (unpaired) electrons. The lowest BCUT2D eigenvalue weighted by molar-refractivity contribution is -0.204. The van der Waals surface area contributed by atoms with Gasteiger partial charge in [0.25, 0.3) is 5.91 Å². The molecule has 22 heteroatoms. The van der Waals surface area contributed by atoms with Gasteiger partial charge < -0.3 is 69.4 Å². The first-order chi connectivity index (χ1) is 25.2. The Balaban J connectivity index is 1.41. The Labute approximate surface area is 307 Å². The quantitative estimate of drug-likeness (QED) is 0.0456. The van der Waals surface area contributed by atoms with E-state index in [-0.39, 0.29) is 37.1 Å². The smallest absolute Gasteiger partial charge is 0.404 e. The first-order valence-electron chi connectivity index (χ1n) is 18.0. The third-order valence-electron chi connectivity index (χ3n) is 9.13. The number of aliphatic hydroxyl groups excluding tert-OH is 3. The van der Waals surface area contributed by atoms with Gasteiger partial charge in [-0.1, -0.05) is 0 Å². The van der Waals surface area contributed by atoms with Crippen LogP contribution in [0.5, 0.6) is 0 Å². The largest absolute Gasteiger partial charge is 0.441 e. The van der Waals surface area contributed by atoms with Crippen LogP contribution in [-0.2, 0) is 28.7 Å². The molecule has 0 aromatic carbocycles. The molecule has 3 heterocycles. The minimum atomic E-state index is -1.61. The Hall–Kier alpha value is -3.42. The van der Waals surface area contributed by atoms with Crippen molar-refractivity contribution < 1.29 is 48.8 Å². The predicted octanol–water partition coefficient (Wildman–Crippen LogP) is -6.53. The highest BCUT2D eigenvalue weighted by Gasteiger charge is 2.50. The van der Waals surface area contributed by atoms with Crippen molar-refractivity contribution in [1.82, 2.24) is 31.9 Å². The summed E-state index contributed by atoms with van der Waals surface area (Å²) in [5.41, 5.74) is 28.8. The van der Waals surface area contributed by atoms with Crippen LogP contribution in [0.15, 0.2) is 4.99 Å². The van der Waals surface area contributed by atoms with Gasteiger partial charge in [0, 0.05) is 56.7 Å². The number of nitrogens with two attached hydrogens (primary N) is 5. The molecule has 5 amide bonds. The summed E-state index contributed by atoms with van der Waals surface area (Å²) in [5.74, 6) is -1.48. The summed E-state index contributed by atoms with van der Waals surface area (Å²) < 4.78 is 10.9. The topological polar surface area (TPSA) is 379 Å². The van der Waals surface area contributed by atoms with Gasteiger partial charge in [-0.25, -0.2) is 9.79 Å². The highest BCUT2D eigenvalue weighted by molar-refractivity contribution is 5.94. The summed E-state index contributed by atoms with van der Waals surface area (Å²) in [5, 5.41) is 48.4. The fourth-order valence-electron chi connectivity index (χ4n) is 6.38. The van der Waals surface area contributed by atoms with Crippen LogP contribution in [0.1, 0.15) is 57.8 Å². The summed E-state index contributed by atoms with van der Waals surface area (Å²) in [6.07, 6.45) is -4.06. The minimum absolute atomic E-state index is 0.100. The zero-order valence-electron chi connectivity index (χ0n) is 29.7. The fourth-order valence-corrected chi connectivity index (χ4v) is 6.38. The molecule has 0 aromatic rings.